The van der Waals surface area contributed by atoms with Gasteiger partial charge in [0.15, 0.2) is 0 Å². The highest BCUT2D eigenvalue weighted by Crippen LogP contribution is 2.25. The third-order valence-electron chi connectivity index (χ3n) is 3.64. The van der Waals surface area contributed by atoms with E-state index in [0.29, 0.717) is 18.3 Å². The molecule has 0 aliphatic heterocycles. The minimum Gasteiger partial charge on any atom is -0.368 e. The van der Waals surface area contributed by atoms with Crippen LogP contribution < -0.4 is 10.2 Å². The van der Waals surface area contributed by atoms with E-state index in [2.05, 4.69) is 32.7 Å². The van der Waals surface area contributed by atoms with Gasteiger partial charge >= 0.3 is 0 Å². The fourth-order valence-electron chi connectivity index (χ4n) is 2.31. The molecule has 0 unspecified atom stereocenters. The Labute approximate surface area is 137 Å². The van der Waals surface area contributed by atoms with Crippen LogP contribution in [0.2, 0.25) is 0 Å². The predicted molar refractivity (Wildman–Crippen MR) is 90.4 cm³/mol. The number of halogens is 2. The molecule has 0 amide bonds. The topological polar surface area (TPSA) is 15.3 Å². The van der Waals surface area contributed by atoms with Crippen LogP contribution in [0.15, 0.2) is 33.4 Å². The van der Waals surface area contributed by atoms with Gasteiger partial charge in [-0.2, -0.15) is 0 Å². The van der Waals surface area contributed by atoms with Crippen molar-refractivity contribution in [2.24, 2.45) is 0 Å². The zero-order valence-corrected chi connectivity index (χ0v) is 14.3. The molecule has 112 valence electrons. The molecule has 0 saturated heterocycles. The van der Waals surface area contributed by atoms with Gasteiger partial charge in [-0.05, 0) is 63.5 Å². The molecule has 1 aliphatic carbocycles. The Balaban J connectivity index is 1.65. The van der Waals surface area contributed by atoms with Crippen LogP contribution in [0.25, 0.3) is 0 Å². The molecule has 1 aromatic carbocycles. The lowest BCUT2D eigenvalue weighted by Gasteiger charge is -2.20. The van der Waals surface area contributed by atoms with Gasteiger partial charge in [0.25, 0.3) is 0 Å². The summed E-state index contributed by atoms with van der Waals surface area (Å²) in [6.07, 6.45) is 2.50. The number of hydrogen-bond acceptors (Lipinski definition) is 3. The van der Waals surface area contributed by atoms with Crippen LogP contribution in [0.5, 0.6) is 0 Å². The average molecular weight is 369 g/mol. The number of anilines is 1. The second-order valence-corrected chi connectivity index (χ2v) is 7.85. The highest BCUT2D eigenvalue weighted by Gasteiger charge is 2.20. The number of nitrogens with one attached hydrogen (secondary N) is 1. The fraction of sp³-hybridized carbons (Fsp3) is 0.375. The third-order valence-corrected chi connectivity index (χ3v) is 5.19. The molecule has 1 N–H and O–H groups in total. The lowest BCUT2D eigenvalue weighted by molar-refractivity contribution is 0.615. The zero-order chi connectivity index (χ0) is 14.8. The van der Waals surface area contributed by atoms with Gasteiger partial charge in [0.1, 0.15) is 5.82 Å². The summed E-state index contributed by atoms with van der Waals surface area (Å²) in [6, 6.07) is 8.25. The van der Waals surface area contributed by atoms with Crippen molar-refractivity contribution in [3.63, 3.8) is 0 Å². The zero-order valence-electron chi connectivity index (χ0n) is 11.9. The first-order valence-electron chi connectivity index (χ1n) is 7.07. The Hall–Kier alpha value is -0.910. The maximum atomic E-state index is 14.3. The minimum atomic E-state index is -0.151. The van der Waals surface area contributed by atoms with Crippen molar-refractivity contribution in [3.05, 3.63) is 50.4 Å². The number of nitrogens with zero attached hydrogens (tertiary/aromatic N) is 1. The van der Waals surface area contributed by atoms with Crippen LogP contribution in [0.1, 0.15) is 24.0 Å². The van der Waals surface area contributed by atoms with Gasteiger partial charge in [-0.3, -0.25) is 0 Å². The quantitative estimate of drug-likeness (QED) is 0.804. The Morgan fingerprint density at radius 1 is 1.33 bits per heavy atom. The van der Waals surface area contributed by atoms with Gasteiger partial charge < -0.3 is 10.2 Å². The number of hydrogen-bond donors (Lipinski definition) is 1. The summed E-state index contributed by atoms with van der Waals surface area (Å²) < 4.78 is 15.4. The predicted octanol–water partition coefficient (Wildman–Crippen LogP) is 4.54. The normalized spacial score (nSPS) is 14.4. The molecule has 1 aromatic heterocycles. The first kappa shape index (κ1) is 15.0. The van der Waals surface area contributed by atoms with Gasteiger partial charge in [0.2, 0.25) is 0 Å². The van der Waals surface area contributed by atoms with Gasteiger partial charge in [-0.1, -0.05) is 6.07 Å². The molecular formula is C16H18BrFN2S. The van der Waals surface area contributed by atoms with Crippen molar-refractivity contribution in [3.8, 4) is 0 Å². The van der Waals surface area contributed by atoms with E-state index < -0.39 is 0 Å². The molecule has 1 fully saturated rings. The smallest absolute Gasteiger partial charge is 0.146 e. The third kappa shape index (κ3) is 4.05. The van der Waals surface area contributed by atoms with Crippen LogP contribution >= 0.6 is 27.3 Å². The molecule has 2 nitrogen and oxygen atoms in total. The monoisotopic (exact) mass is 368 g/mol. The van der Waals surface area contributed by atoms with Gasteiger partial charge in [-0.15, -0.1) is 11.3 Å². The fourth-order valence-corrected chi connectivity index (χ4v) is 3.51. The van der Waals surface area contributed by atoms with Crippen LogP contribution in [-0.2, 0) is 13.1 Å². The number of rotatable bonds is 6. The molecule has 2 aromatic rings. The van der Waals surface area contributed by atoms with Crippen molar-refractivity contribution in [2.75, 3.05) is 11.9 Å². The molecule has 1 heterocycles. The lowest BCUT2D eigenvalue weighted by Crippen LogP contribution is -2.18. The van der Waals surface area contributed by atoms with E-state index in [1.807, 2.05) is 24.1 Å². The van der Waals surface area contributed by atoms with E-state index in [0.717, 1.165) is 15.9 Å². The van der Waals surface area contributed by atoms with Crippen molar-refractivity contribution in [1.29, 1.82) is 0 Å². The Bertz CT molecular complexity index is 624. The molecule has 1 saturated carbocycles. The average Bonchev–Trinajstić information content (AvgIpc) is 3.19. The summed E-state index contributed by atoms with van der Waals surface area (Å²) in [6.45, 7) is 1.46. The molecule has 3 rings (SSSR count). The summed E-state index contributed by atoms with van der Waals surface area (Å²) >= 11 is 5.11. The molecule has 21 heavy (non-hydrogen) atoms. The molecule has 0 radical (unpaired) electrons. The first-order valence-corrected chi connectivity index (χ1v) is 8.75. The first-order chi connectivity index (χ1) is 10.1. The highest BCUT2D eigenvalue weighted by atomic mass is 79.9. The second kappa shape index (κ2) is 6.46. The van der Waals surface area contributed by atoms with E-state index in [-0.39, 0.29) is 5.82 Å². The Kier molecular flexibility index (Phi) is 4.62. The van der Waals surface area contributed by atoms with Crippen LogP contribution in [0.3, 0.4) is 0 Å². The van der Waals surface area contributed by atoms with Crippen LogP contribution in [0, 0.1) is 5.82 Å². The molecule has 0 spiro atoms. The summed E-state index contributed by atoms with van der Waals surface area (Å²) in [5.74, 6) is -0.151. The second-order valence-electron chi connectivity index (χ2n) is 5.56. The summed E-state index contributed by atoms with van der Waals surface area (Å²) in [5, 5.41) is 5.50. The van der Waals surface area contributed by atoms with Crippen molar-refractivity contribution in [2.45, 2.75) is 32.0 Å². The van der Waals surface area contributed by atoms with Crippen molar-refractivity contribution >= 4 is 33.0 Å². The molecule has 1 aliphatic rings. The van der Waals surface area contributed by atoms with Gasteiger partial charge in [-0.25, -0.2) is 4.39 Å². The molecule has 5 heteroatoms. The van der Waals surface area contributed by atoms with E-state index in [1.165, 1.54) is 18.4 Å². The lowest BCUT2D eigenvalue weighted by atomic mass is 10.1. The minimum absolute atomic E-state index is 0.151. The summed E-state index contributed by atoms with van der Waals surface area (Å²) in [4.78, 5) is 1.95. The van der Waals surface area contributed by atoms with Gasteiger partial charge in [0.05, 0.1) is 9.47 Å². The molecule has 0 bridgehead atoms. The van der Waals surface area contributed by atoms with Crippen LogP contribution in [-0.4, -0.2) is 13.1 Å². The van der Waals surface area contributed by atoms with Crippen LogP contribution in [0.4, 0.5) is 10.1 Å². The number of thiophene rings is 1. The maximum absolute atomic E-state index is 14.3. The van der Waals surface area contributed by atoms with E-state index in [4.69, 9.17) is 0 Å². The van der Waals surface area contributed by atoms with E-state index >= 15 is 0 Å². The largest absolute Gasteiger partial charge is 0.368 e. The number of benzene rings is 1. The standard InChI is InChI=1S/C16H18BrFN2S/c1-20(9-12-7-16(17)21-10-12)15-5-2-11(6-14(15)18)8-19-13-3-4-13/h2,5-7,10,13,19H,3-4,8-9H2,1H3. The van der Waals surface area contributed by atoms with E-state index in [9.17, 15) is 4.39 Å². The van der Waals surface area contributed by atoms with Crippen molar-refractivity contribution < 1.29 is 4.39 Å². The Morgan fingerprint density at radius 2 is 2.14 bits per heavy atom. The van der Waals surface area contributed by atoms with Gasteiger partial charge in [0, 0.05) is 26.2 Å². The SMILES string of the molecule is CN(Cc1csc(Br)c1)c1ccc(CNC2CC2)cc1F. The maximum Gasteiger partial charge on any atom is 0.146 e. The molecule has 0 atom stereocenters. The van der Waals surface area contributed by atoms with E-state index in [1.54, 1.807) is 17.4 Å². The Morgan fingerprint density at radius 3 is 2.76 bits per heavy atom. The van der Waals surface area contributed by atoms with Crippen molar-refractivity contribution in [1.82, 2.24) is 5.32 Å². The highest BCUT2D eigenvalue weighted by molar-refractivity contribution is 9.11. The molecular weight excluding hydrogens is 351 g/mol. The summed E-state index contributed by atoms with van der Waals surface area (Å²) in [5.41, 5.74) is 2.84. The summed E-state index contributed by atoms with van der Waals surface area (Å²) in [7, 11) is 1.92.